The Labute approximate surface area is 154 Å². The van der Waals surface area contributed by atoms with Crippen LogP contribution in [-0.2, 0) is 20.7 Å². The van der Waals surface area contributed by atoms with Crippen LogP contribution in [0.3, 0.4) is 0 Å². The van der Waals surface area contributed by atoms with Crippen LogP contribution in [0, 0.1) is 11.7 Å². The molecule has 0 aliphatic carbocycles. The van der Waals surface area contributed by atoms with Crippen molar-refractivity contribution in [1.82, 2.24) is 4.90 Å². The molecule has 0 bridgehead atoms. The van der Waals surface area contributed by atoms with Crippen molar-refractivity contribution in [3.63, 3.8) is 0 Å². The highest BCUT2D eigenvalue weighted by Gasteiger charge is 2.46. The summed E-state index contributed by atoms with van der Waals surface area (Å²) < 4.78 is 29.9. The second-order valence-electron chi connectivity index (χ2n) is 7.19. The molecule has 6 heteroatoms. The Hall–Kier alpha value is -1.66. The first-order chi connectivity index (χ1) is 12.6. The van der Waals surface area contributed by atoms with Crippen LogP contribution < -0.4 is 4.74 Å². The number of ether oxygens (including phenoxy) is 3. The quantitative estimate of drug-likeness (QED) is 0.778. The molecule has 5 nitrogen and oxygen atoms in total. The fourth-order valence-corrected chi connectivity index (χ4v) is 4.28. The van der Waals surface area contributed by atoms with E-state index < -0.39 is 0 Å². The molecule has 2 heterocycles. The lowest BCUT2D eigenvalue weighted by atomic mass is 9.78. The third kappa shape index (κ3) is 4.01. The molecule has 26 heavy (non-hydrogen) atoms. The van der Waals surface area contributed by atoms with Crippen LogP contribution in [0.25, 0.3) is 0 Å². The van der Waals surface area contributed by atoms with E-state index in [4.69, 9.17) is 14.2 Å². The average Bonchev–Trinajstić information content (AvgIpc) is 3.03. The zero-order valence-electron chi connectivity index (χ0n) is 15.6. The van der Waals surface area contributed by atoms with Crippen LogP contribution in [0.2, 0.25) is 0 Å². The van der Waals surface area contributed by atoms with E-state index in [1.165, 1.54) is 19.2 Å². The Bertz CT molecular complexity index is 628. The zero-order chi connectivity index (χ0) is 18.6. The minimum atomic E-state index is -0.363. The van der Waals surface area contributed by atoms with Gasteiger partial charge in [-0.3, -0.25) is 4.79 Å². The third-order valence-electron chi connectivity index (χ3n) is 5.82. The summed E-state index contributed by atoms with van der Waals surface area (Å²) in [6.45, 7) is 2.95. The Kier molecular flexibility index (Phi) is 6.14. The maximum Gasteiger partial charge on any atom is 0.227 e. The molecule has 1 aromatic rings. The molecule has 0 aromatic heterocycles. The second kappa shape index (κ2) is 8.35. The molecule has 0 radical (unpaired) electrons. The number of rotatable bonds is 6. The van der Waals surface area contributed by atoms with Gasteiger partial charge < -0.3 is 19.1 Å². The molecule has 1 amide bonds. The maximum absolute atomic E-state index is 13.3. The summed E-state index contributed by atoms with van der Waals surface area (Å²) in [5.41, 5.74) is 0.623. The van der Waals surface area contributed by atoms with Crippen molar-refractivity contribution in [3.8, 4) is 5.75 Å². The van der Waals surface area contributed by atoms with Gasteiger partial charge in [0.2, 0.25) is 5.91 Å². The van der Waals surface area contributed by atoms with Gasteiger partial charge in [-0.1, -0.05) is 6.07 Å². The lowest BCUT2D eigenvalue weighted by molar-refractivity contribution is -0.137. The number of likely N-dealkylation sites (tertiary alicyclic amines) is 1. The number of nitrogens with zero attached hydrogens (tertiary/aromatic N) is 1. The summed E-state index contributed by atoms with van der Waals surface area (Å²) in [5, 5.41) is 0. The lowest BCUT2D eigenvalue weighted by Gasteiger charge is -2.42. The highest BCUT2D eigenvalue weighted by Crippen LogP contribution is 2.42. The predicted octanol–water partition coefficient (Wildman–Crippen LogP) is 2.81. The van der Waals surface area contributed by atoms with Crippen LogP contribution >= 0.6 is 0 Å². The molecular weight excluding hydrogens is 337 g/mol. The molecule has 2 saturated heterocycles. The molecular formula is C20H28FNO4. The summed E-state index contributed by atoms with van der Waals surface area (Å²) in [5.74, 6) is 0.622. The summed E-state index contributed by atoms with van der Waals surface area (Å²) in [6, 6.07) is 4.31. The molecule has 2 aliphatic heterocycles. The molecule has 1 atom stereocenters. The number of methoxy groups -OCH3 is 2. The number of piperidine rings is 1. The van der Waals surface area contributed by atoms with Crippen molar-refractivity contribution in [2.45, 2.75) is 37.7 Å². The van der Waals surface area contributed by atoms with Crippen molar-refractivity contribution in [2.75, 3.05) is 40.5 Å². The summed E-state index contributed by atoms with van der Waals surface area (Å²) >= 11 is 0. The molecule has 144 valence electrons. The van der Waals surface area contributed by atoms with Crippen LogP contribution in [-0.4, -0.2) is 56.9 Å². The number of hydrogen-bond donors (Lipinski definition) is 0. The Morgan fingerprint density at radius 1 is 1.35 bits per heavy atom. The monoisotopic (exact) mass is 365 g/mol. The summed E-state index contributed by atoms with van der Waals surface area (Å²) in [6.07, 6.45) is 4.05. The smallest absolute Gasteiger partial charge is 0.227 e. The van der Waals surface area contributed by atoms with Crippen LogP contribution in [0.1, 0.15) is 31.2 Å². The fourth-order valence-electron chi connectivity index (χ4n) is 4.28. The highest BCUT2D eigenvalue weighted by molar-refractivity contribution is 5.79. The molecule has 0 unspecified atom stereocenters. The minimum absolute atomic E-state index is 0.0520. The van der Waals surface area contributed by atoms with Crippen molar-refractivity contribution in [3.05, 3.63) is 29.6 Å². The molecule has 0 N–H and O–H groups in total. The highest BCUT2D eigenvalue weighted by atomic mass is 19.1. The second-order valence-corrected chi connectivity index (χ2v) is 7.19. The van der Waals surface area contributed by atoms with Gasteiger partial charge in [0.05, 0.1) is 19.1 Å². The van der Waals surface area contributed by atoms with E-state index in [9.17, 15) is 9.18 Å². The molecule has 2 aliphatic rings. The largest absolute Gasteiger partial charge is 0.496 e. The van der Waals surface area contributed by atoms with Crippen molar-refractivity contribution in [1.29, 1.82) is 0 Å². The number of halogens is 1. The van der Waals surface area contributed by atoms with Gasteiger partial charge in [0, 0.05) is 45.0 Å². The van der Waals surface area contributed by atoms with Crippen LogP contribution in [0.5, 0.6) is 5.75 Å². The van der Waals surface area contributed by atoms with E-state index in [2.05, 4.69) is 0 Å². The molecule has 3 rings (SSSR count). The fraction of sp³-hybridized carbons (Fsp3) is 0.650. The minimum Gasteiger partial charge on any atom is -0.496 e. The van der Waals surface area contributed by atoms with Gasteiger partial charge in [-0.2, -0.15) is 0 Å². The first-order valence-electron chi connectivity index (χ1n) is 9.31. The predicted molar refractivity (Wildman–Crippen MR) is 95.8 cm³/mol. The molecule has 0 saturated carbocycles. The van der Waals surface area contributed by atoms with Crippen LogP contribution in [0.4, 0.5) is 4.39 Å². The Morgan fingerprint density at radius 3 is 2.81 bits per heavy atom. The summed E-state index contributed by atoms with van der Waals surface area (Å²) in [7, 11) is 3.22. The first kappa shape index (κ1) is 19.1. The SMILES string of the molecule is COCC[C@@H]1CCOC12CCN(C(=O)Cc1ccc(F)cc1OC)CC2. The van der Waals surface area contributed by atoms with E-state index in [0.29, 0.717) is 30.3 Å². The van der Waals surface area contributed by atoms with Crippen molar-refractivity contribution < 1.29 is 23.4 Å². The number of benzene rings is 1. The topological polar surface area (TPSA) is 48.0 Å². The van der Waals surface area contributed by atoms with Crippen molar-refractivity contribution >= 4 is 5.91 Å². The first-order valence-corrected chi connectivity index (χ1v) is 9.31. The zero-order valence-corrected chi connectivity index (χ0v) is 15.6. The van der Waals surface area contributed by atoms with Gasteiger partial charge in [-0.25, -0.2) is 4.39 Å². The molecule has 1 aromatic carbocycles. The van der Waals surface area contributed by atoms with Gasteiger partial charge in [0.15, 0.2) is 0 Å². The number of hydrogen-bond acceptors (Lipinski definition) is 4. The van der Waals surface area contributed by atoms with Gasteiger partial charge in [0.1, 0.15) is 11.6 Å². The van der Waals surface area contributed by atoms with Gasteiger partial charge in [0.25, 0.3) is 0 Å². The van der Waals surface area contributed by atoms with Gasteiger partial charge in [-0.15, -0.1) is 0 Å². The normalized spacial score (nSPS) is 22.0. The standard InChI is InChI=1S/C20H28FNO4/c1-24-11-5-16-6-12-26-20(16)7-9-22(10-8-20)19(23)13-15-3-4-17(21)14-18(15)25-2/h3-4,14,16H,5-13H2,1-2H3/t16-/m1/s1. The van der Waals surface area contributed by atoms with E-state index in [0.717, 1.165) is 38.9 Å². The molecule has 1 spiro atoms. The van der Waals surface area contributed by atoms with Gasteiger partial charge in [-0.05, 0) is 37.7 Å². The Morgan fingerprint density at radius 2 is 2.12 bits per heavy atom. The van der Waals surface area contributed by atoms with Crippen LogP contribution in [0.15, 0.2) is 18.2 Å². The molecule has 2 fully saturated rings. The lowest BCUT2D eigenvalue weighted by Crippen LogP contribution is -2.49. The maximum atomic E-state index is 13.3. The number of carbonyl (C=O) groups excluding carboxylic acids is 1. The van der Waals surface area contributed by atoms with E-state index >= 15 is 0 Å². The van der Waals surface area contributed by atoms with Crippen molar-refractivity contribution in [2.24, 2.45) is 5.92 Å². The summed E-state index contributed by atoms with van der Waals surface area (Å²) in [4.78, 5) is 14.6. The average molecular weight is 365 g/mol. The van der Waals surface area contributed by atoms with E-state index in [-0.39, 0.29) is 23.7 Å². The number of amides is 1. The van der Waals surface area contributed by atoms with Gasteiger partial charge >= 0.3 is 0 Å². The number of carbonyl (C=O) groups is 1. The third-order valence-corrected chi connectivity index (χ3v) is 5.82. The van der Waals surface area contributed by atoms with E-state index in [1.807, 2.05) is 4.90 Å². The van der Waals surface area contributed by atoms with E-state index in [1.54, 1.807) is 13.2 Å². The Balaban J connectivity index is 1.59.